The predicted octanol–water partition coefficient (Wildman–Crippen LogP) is 1.89. The lowest BCUT2D eigenvalue weighted by atomic mass is 10.1. The van der Waals surface area contributed by atoms with Gasteiger partial charge in [0.15, 0.2) is 0 Å². The van der Waals surface area contributed by atoms with Crippen LogP contribution in [0.4, 0.5) is 5.69 Å². The highest BCUT2D eigenvalue weighted by Crippen LogP contribution is 2.20. The summed E-state index contributed by atoms with van der Waals surface area (Å²) in [5, 5.41) is 9.34. The first-order valence-corrected chi connectivity index (χ1v) is 6.37. The molecular weight excluding hydrogens is 268 g/mol. The fourth-order valence-corrected chi connectivity index (χ4v) is 1.89. The van der Waals surface area contributed by atoms with Gasteiger partial charge in [0, 0.05) is 10.7 Å². The maximum absolute atomic E-state index is 12.2. The Kier molecular flexibility index (Phi) is 5.79. The van der Waals surface area contributed by atoms with Crippen LogP contribution in [0.15, 0.2) is 24.3 Å². The van der Waals surface area contributed by atoms with Gasteiger partial charge in [-0.2, -0.15) is 0 Å². The number of halogens is 1. The van der Waals surface area contributed by atoms with E-state index in [-0.39, 0.29) is 0 Å². The lowest BCUT2D eigenvalue weighted by molar-refractivity contribution is -0.136. The van der Waals surface area contributed by atoms with Crippen LogP contribution in [0.1, 0.15) is 19.8 Å². The Morgan fingerprint density at radius 2 is 2.16 bits per heavy atom. The molecule has 19 heavy (non-hydrogen) atoms. The van der Waals surface area contributed by atoms with Crippen LogP contribution in [0.5, 0.6) is 0 Å². The van der Waals surface area contributed by atoms with E-state index in [0.717, 1.165) is 11.3 Å². The Labute approximate surface area is 117 Å². The fourth-order valence-electron chi connectivity index (χ4n) is 1.71. The second-order valence-electron chi connectivity index (χ2n) is 4.19. The van der Waals surface area contributed by atoms with Crippen LogP contribution in [0.3, 0.4) is 0 Å². The van der Waals surface area contributed by atoms with Gasteiger partial charge in [-0.15, -0.1) is 0 Å². The van der Waals surface area contributed by atoms with E-state index in [9.17, 15) is 9.59 Å². The third-order valence-electron chi connectivity index (χ3n) is 2.60. The molecule has 0 radical (unpaired) electrons. The summed E-state index contributed by atoms with van der Waals surface area (Å²) in [7, 11) is 0. The number of carboxylic acid groups (broad SMARTS) is 1. The zero-order valence-electron chi connectivity index (χ0n) is 10.7. The summed E-state index contributed by atoms with van der Waals surface area (Å²) in [4.78, 5) is 24.2. The topological polar surface area (TPSA) is 83.6 Å². The minimum absolute atomic E-state index is 0.411. The predicted molar refractivity (Wildman–Crippen MR) is 74.3 cm³/mol. The normalized spacial score (nSPS) is 11.9. The minimum atomic E-state index is -1.10. The van der Waals surface area contributed by atoms with Crippen molar-refractivity contribution in [3.8, 4) is 0 Å². The Morgan fingerprint density at radius 1 is 1.47 bits per heavy atom. The van der Waals surface area contributed by atoms with Gasteiger partial charge < -0.3 is 10.8 Å². The quantitative estimate of drug-likeness (QED) is 0.835. The first kappa shape index (κ1) is 15.5. The highest BCUT2D eigenvalue weighted by molar-refractivity contribution is 6.31. The zero-order chi connectivity index (χ0) is 14.4. The van der Waals surface area contributed by atoms with Crippen molar-refractivity contribution in [2.45, 2.75) is 25.8 Å². The van der Waals surface area contributed by atoms with Crippen molar-refractivity contribution in [1.82, 2.24) is 0 Å². The summed E-state index contributed by atoms with van der Waals surface area (Å²) in [5.74, 6) is -1.51. The number of carboxylic acids is 1. The summed E-state index contributed by atoms with van der Waals surface area (Å²) in [5.41, 5.74) is 6.20. The van der Waals surface area contributed by atoms with Gasteiger partial charge in [0.05, 0.1) is 6.04 Å². The number of carbonyl (C=O) groups is 2. The molecule has 1 amide bonds. The lowest BCUT2D eigenvalue weighted by Crippen LogP contribution is -2.46. The van der Waals surface area contributed by atoms with E-state index in [2.05, 4.69) is 0 Å². The first-order valence-electron chi connectivity index (χ1n) is 6.00. The molecule has 104 valence electrons. The first-order chi connectivity index (χ1) is 8.95. The van der Waals surface area contributed by atoms with E-state index >= 15 is 0 Å². The Bertz CT molecular complexity index is 465. The van der Waals surface area contributed by atoms with Crippen LogP contribution >= 0.6 is 11.6 Å². The standard InChI is InChI=1S/C13H17ClN2O3/c1-2-4-11(15)13(19)16(8-12(17)18)10-6-3-5-9(14)7-10/h3,5-7,11H,2,4,8,15H2,1H3,(H,17,18)/t11-/m1/s1. The maximum Gasteiger partial charge on any atom is 0.323 e. The molecule has 0 saturated heterocycles. The Hall–Kier alpha value is -1.59. The largest absolute Gasteiger partial charge is 0.480 e. The molecule has 0 aromatic heterocycles. The maximum atomic E-state index is 12.2. The summed E-state index contributed by atoms with van der Waals surface area (Å²) in [6, 6.07) is 5.78. The lowest BCUT2D eigenvalue weighted by Gasteiger charge is -2.24. The van der Waals surface area contributed by atoms with E-state index in [4.69, 9.17) is 22.4 Å². The zero-order valence-corrected chi connectivity index (χ0v) is 11.4. The summed E-state index contributed by atoms with van der Waals surface area (Å²) in [6.07, 6.45) is 1.26. The number of nitrogens with two attached hydrogens (primary N) is 1. The molecule has 0 bridgehead atoms. The summed E-state index contributed by atoms with van der Waals surface area (Å²) in [6.45, 7) is 1.48. The smallest absolute Gasteiger partial charge is 0.323 e. The van der Waals surface area contributed by atoms with Gasteiger partial charge in [-0.05, 0) is 24.6 Å². The van der Waals surface area contributed by atoms with Crippen LogP contribution in [0.2, 0.25) is 5.02 Å². The molecule has 5 nitrogen and oxygen atoms in total. The molecule has 0 aliphatic heterocycles. The number of amides is 1. The molecule has 1 aromatic carbocycles. The van der Waals surface area contributed by atoms with Crippen molar-refractivity contribution in [2.24, 2.45) is 5.73 Å². The number of carbonyl (C=O) groups excluding carboxylic acids is 1. The number of hydrogen-bond donors (Lipinski definition) is 2. The molecule has 1 atom stereocenters. The van der Waals surface area contributed by atoms with Crippen molar-refractivity contribution in [3.63, 3.8) is 0 Å². The van der Waals surface area contributed by atoms with Crippen LogP contribution in [0, 0.1) is 0 Å². The van der Waals surface area contributed by atoms with Crippen LogP contribution in [-0.2, 0) is 9.59 Å². The van der Waals surface area contributed by atoms with Crippen molar-refractivity contribution in [3.05, 3.63) is 29.3 Å². The Morgan fingerprint density at radius 3 is 2.68 bits per heavy atom. The van der Waals surface area contributed by atoms with Gasteiger partial charge in [-0.3, -0.25) is 14.5 Å². The molecule has 0 heterocycles. The molecule has 0 aliphatic rings. The molecular formula is C13H17ClN2O3. The van der Waals surface area contributed by atoms with E-state index in [1.807, 2.05) is 6.92 Å². The van der Waals surface area contributed by atoms with E-state index in [1.165, 1.54) is 0 Å². The van der Waals surface area contributed by atoms with Crippen molar-refractivity contribution in [2.75, 3.05) is 11.4 Å². The summed E-state index contributed by atoms with van der Waals surface area (Å²) < 4.78 is 0. The van der Waals surface area contributed by atoms with Crippen LogP contribution in [0.25, 0.3) is 0 Å². The molecule has 0 spiro atoms. The summed E-state index contributed by atoms with van der Waals surface area (Å²) >= 11 is 5.85. The molecule has 0 unspecified atom stereocenters. The van der Waals surface area contributed by atoms with Gasteiger partial charge in [-0.1, -0.05) is 31.0 Å². The Balaban J connectivity index is 3.00. The molecule has 1 rings (SSSR count). The second-order valence-corrected chi connectivity index (χ2v) is 4.63. The van der Waals surface area contributed by atoms with Gasteiger partial charge in [0.1, 0.15) is 6.54 Å². The minimum Gasteiger partial charge on any atom is -0.480 e. The van der Waals surface area contributed by atoms with Crippen LogP contribution < -0.4 is 10.6 Å². The number of anilines is 1. The van der Waals surface area contributed by atoms with E-state index < -0.39 is 24.5 Å². The van der Waals surface area contributed by atoms with E-state index in [0.29, 0.717) is 17.1 Å². The average molecular weight is 285 g/mol. The molecule has 0 saturated carbocycles. The second kappa shape index (κ2) is 7.11. The molecule has 0 aliphatic carbocycles. The van der Waals surface area contributed by atoms with E-state index in [1.54, 1.807) is 24.3 Å². The highest BCUT2D eigenvalue weighted by Gasteiger charge is 2.23. The highest BCUT2D eigenvalue weighted by atomic mass is 35.5. The van der Waals surface area contributed by atoms with Gasteiger partial charge in [0.25, 0.3) is 0 Å². The molecule has 3 N–H and O–H groups in total. The number of aliphatic carboxylic acids is 1. The van der Waals surface area contributed by atoms with Crippen LogP contribution in [-0.4, -0.2) is 29.6 Å². The number of rotatable bonds is 6. The molecule has 1 aromatic rings. The van der Waals surface area contributed by atoms with Gasteiger partial charge in [-0.25, -0.2) is 0 Å². The number of nitrogens with zero attached hydrogens (tertiary/aromatic N) is 1. The number of hydrogen-bond acceptors (Lipinski definition) is 3. The van der Waals surface area contributed by atoms with Crippen molar-refractivity contribution in [1.29, 1.82) is 0 Å². The third kappa shape index (κ3) is 4.54. The van der Waals surface area contributed by atoms with Crippen molar-refractivity contribution >= 4 is 29.2 Å². The molecule has 0 fully saturated rings. The third-order valence-corrected chi connectivity index (χ3v) is 2.83. The number of benzene rings is 1. The SMILES string of the molecule is CCC[C@@H](N)C(=O)N(CC(=O)O)c1cccc(Cl)c1. The monoisotopic (exact) mass is 284 g/mol. The fraction of sp³-hybridized carbons (Fsp3) is 0.385. The van der Waals surface area contributed by atoms with Crippen molar-refractivity contribution < 1.29 is 14.7 Å². The van der Waals surface area contributed by atoms with Gasteiger partial charge >= 0.3 is 5.97 Å². The van der Waals surface area contributed by atoms with Gasteiger partial charge in [0.2, 0.25) is 5.91 Å². The average Bonchev–Trinajstić information content (AvgIpc) is 2.35. The molecule has 6 heteroatoms.